The molecule has 0 N–H and O–H groups in total. The lowest BCUT2D eigenvalue weighted by molar-refractivity contribution is -0.118. The van der Waals surface area contributed by atoms with Crippen LogP contribution in [0.5, 0.6) is 5.75 Å². The maximum absolute atomic E-state index is 13.1. The van der Waals surface area contributed by atoms with Crippen molar-refractivity contribution in [2.24, 2.45) is 0 Å². The average molecular weight is 533 g/mol. The quantitative estimate of drug-likeness (QED) is 0.382. The van der Waals surface area contributed by atoms with Gasteiger partial charge in [-0.05, 0) is 63.5 Å². The van der Waals surface area contributed by atoms with Crippen molar-refractivity contribution < 1.29 is 17.9 Å². The molecule has 3 aromatic rings. The van der Waals surface area contributed by atoms with Gasteiger partial charge >= 0.3 is 0 Å². The molecule has 0 saturated carbocycles. The molecule has 0 unspecified atom stereocenters. The highest BCUT2D eigenvalue weighted by Crippen LogP contribution is 2.34. The van der Waals surface area contributed by atoms with E-state index in [4.69, 9.17) is 16.3 Å². The zero-order valence-corrected chi connectivity index (χ0v) is 21.9. The number of thiazole rings is 1. The number of halogens is 2. The van der Waals surface area contributed by atoms with Crippen LogP contribution in [-0.4, -0.2) is 64.3 Å². The summed E-state index contributed by atoms with van der Waals surface area (Å²) in [7, 11) is 1.90. The molecule has 0 radical (unpaired) electrons. The molecule has 33 heavy (non-hydrogen) atoms. The number of sulfone groups is 1. The standard InChI is InChI=1S/C22H26ClN3O4S2.ClH/c1-25(2)13-5-14-26(22-24-21-18(30-3)6-4-7-19(21)31-22)20(27)12-15-32(28,29)17-10-8-16(23)9-11-17;/h4,6-11H,5,12-15H2,1-3H3;1H. The summed E-state index contributed by atoms with van der Waals surface area (Å²) in [5, 5.41) is 0.996. The molecule has 0 bridgehead atoms. The van der Waals surface area contributed by atoms with Gasteiger partial charge in [-0.1, -0.05) is 29.0 Å². The zero-order chi connectivity index (χ0) is 23.3. The number of fused-ring (bicyclic) bond motifs is 1. The second-order valence-corrected chi connectivity index (χ2v) is 11.1. The molecular formula is C22H27Cl2N3O4S2. The Bertz CT molecular complexity index is 1180. The van der Waals surface area contributed by atoms with Crippen molar-refractivity contribution in [1.82, 2.24) is 9.88 Å². The van der Waals surface area contributed by atoms with Crippen LogP contribution in [0.2, 0.25) is 5.02 Å². The predicted octanol–water partition coefficient (Wildman–Crippen LogP) is 4.53. The van der Waals surface area contributed by atoms with E-state index >= 15 is 0 Å². The molecular weight excluding hydrogens is 505 g/mol. The molecule has 2 aromatic carbocycles. The second kappa shape index (κ2) is 12.0. The molecule has 0 saturated heterocycles. The van der Waals surface area contributed by atoms with Gasteiger partial charge in [0.1, 0.15) is 11.3 Å². The zero-order valence-electron chi connectivity index (χ0n) is 18.7. The Balaban J connectivity index is 0.00000385. The number of hydrogen-bond acceptors (Lipinski definition) is 7. The number of rotatable bonds is 10. The van der Waals surface area contributed by atoms with E-state index < -0.39 is 9.84 Å². The van der Waals surface area contributed by atoms with Gasteiger partial charge in [0.2, 0.25) is 5.91 Å². The number of amides is 1. The highest BCUT2D eigenvalue weighted by atomic mass is 35.5. The van der Waals surface area contributed by atoms with E-state index in [2.05, 4.69) is 4.98 Å². The van der Waals surface area contributed by atoms with Crippen molar-refractivity contribution in [3.63, 3.8) is 0 Å². The molecule has 3 rings (SSSR count). The van der Waals surface area contributed by atoms with Gasteiger partial charge in [0, 0.05) is 18.0 Å². The molecule has 7 nitrogen and oxygen atoms in total. The minimum Gasteiger partial charge on any atom is -0.494 e. The third kappa shape index (κ3) is 7.04. The van der Waals surface area contributed by atoms with Crippen molar-refractivity contribution in [3.05, 3.63) is 47.5 Å². The maximum Gasteiger partial charge on any atom is 0.229 e. The predicted molar refractivity (Wildman–Crippen MR) is 137 cm³/mol. The Hall–Kier alpha value is -1.91. The molecule has 1 heterocycles. The number of benzene rings is 2. The summed E-state index contributed by atoms with van der Waals surface area (Å²) < 4.78 is 31.7. The first kappa shape index (κ1) is 27.3. The lowest BCUT2D eigenvalue weighted by atomic mass is 10.3. The van der Waals surface area contributed by atoms with Crippen LogP contribution in [0.4, 0.5) is 5.13 Å². The third-order valence-electron chi connectivity index (χ3n) is 4.87. The Kier molecular flexibility index (Phi) is 9.93. The Morgan fingerprint density at radius 1 is 1.12 bits per heavy atom. The van der Waals surface area contributed by atoms with Crippen LogP contribution < -0.4 is 9.64 Å². The van der Waals surface area contributed by atoms with E-state index in [1.807, 2.05) is 37.2 Å². The molecule has 0 fully saturated rings. The molecule has 0 aliphatic carbocycles. The summed E-state index contributed by atoms with van der Waals surface area (Å²) in [5.41, 5.74) is 0.689. The summed E-state index contributed by atoms with van der Waals surface area (Å²) >= 11 is 7.24. The average Bonchev–Trinajstić information content (AvgIpc) is 3.19. The molecule has 180 valence electrons. The van der Waals surface area contributed by atoms with E-state index in [1.165, 1.54) is 35.6 Å². The van der Waals surface area contributed by atoms with Gasteiger partial charge < -0.3 is 9.64 Å². The SMILES string of the molecule is COc1cccc2sc(N(CCCN(C)C)C(=O)CCS(=O)(=O)c3ccc(Cl)cc3)nc12.Cl. The Morgan fingerprint density at radius 2 is 1.82 bits per heavy atom. The number of anilines is 1. The highest BCUT2D eigenvalue weighted by Gasteiger charge is 2.23. The van der Waals surface area contributed by atoms with E-state index in [1.54, 1.807) is 12.0 Å². The molecule has 1 amide bonds. The van der Waals surface area contributed by atoms with Crippen LogP contribution in [0.25, 0.3) is 10.2 Å². The Morgan fingerprint density at radius 3 is 2.45 bits per heavy atom. The fourth-order valence-electron chi connectivity index (χ4n) is 3.18. The van der Waals surface area contributed by atoms with Crippen molar-refractivity contribution in [2.75, 3.05) is 44.9 Å². The van der Waals surface area contributed by atoms with E-state index in [0.717, 1.165) is 17.7 Å². The minimum absolute atomic E-state index is 0. The maximum atomic E-state index is 13.1. The van der Waals surface area contributed by atoms with Crippen LogP contribution in [0.3, 0.4) is 0 Å². The lowest BCUT2D eigenvalue weighted by Crippen LogP contribution is -2.34. The van der Waals surface area contributed by atoms with Gasteiger partial charge in [-0.15, -0.1) is 12.4 Å². The number of carbonyl (C=O) groups is 1. The number of ether oxygens (including phenoxy) is 1. The third-order valence-corrected chi connectivity index (χ3v) is 7.89. The summed E-state index contributed by atoms with van der Waals surface area (Å²) in [6, 6.07) is 11.6. The molecule has 1 aromatic heterocycles. The first-order valence-electron chi connectivity index (χ1n) is 10.1. The Labute approximate surface area is 209 Å². The first-order chi connectivity index (χ1) is 15.2. The van der Waals surface area contributed by atoms with Gasteiger partial charge in [-0.25, -0.2) is 13.4 Å². The van der Waals surface area contributed by atoms with Crippen LogP contribution in [0.15, 0.2) is 47.4 Å². The number of para-hydroxylation sites is 1. The van der Waals surface area contributed by atoms with E-state index in [-0.39, 0.29) is 35.4 Å². The second-order valence-electron chi connectivity index (χ2n) is 7.53. The van der Waals surface area contributed by atoms with Crippen molar-refractivity contribution in [2.45, 2.75) is 17.7 Å². The van der Waals surface area contributed by atoms with Gasteiger partial charge in [-0.3, -0.25) is 9.69 Å². The fraction of sp³-hybridized carbons (Fsp3) is 0.364. The molecule has 0 aliphatic rings. The first-order valence-corrected chi connectivity index (χ1v) is 12.9. The fourth-order valence-corrected chi connectivity index (χ4v) is 5.56. The molecule has 0 spiro atoms. The van der Waals surface area contributed by atoms with Gasteiger partial charge in [0.15, 0.2) is 15.0 Å². The van der Waals surface area contributed by atoms with Crippen LogP contribution in [-0.2, 0) is 14.6 Å². The van der Waals surface area contributed by atoms with Gasteiger partial charge in [0.05, 0.1) is 22.5 Å². The summed E-state index contributed by atoms with van der Waals surface area (Å²) in [5.74, 6) is 0.0709. The number of methoxy groups -OCH3 is 1. The topological polar surface area (TPSA) is 79.8 Å². The number of aromatic nitrogens is 1. The van der Waals surface area contributed by atoms with Crippen LogP contribution >= 0.6 is 35.3 Å². The summed E-state index contributed by atoms with van der Waals surface area (Å²) in [6.07, 6.45) is 0.593. The van der Waals surface area contributed by atoms with Crippen molar-refractivity contribution >= 4 is 66.4 Å². The number of hydrogen-bond donors (Lipinski definition) is 0. The van der Waals surface area contributed by atoms with E-state index in [0.29, 0.717) is 28.0 Å². The smallest absolute Gasteiger partial charge is 0.229 e. The highest BCUT2D eigenvalue weighted by molar-refractivity contribution is 7.91. The van der Waals surface area contributed by atoms with Crippen LogP contribution in [0.1, 0.15) is 12.8 Å². The van der Waals surface area contributed by atoms with Gasteiger partial charge in [-0.2, -0.15) is 0 Å². The lowest BCUT2D eigenvalue weighted by Gasteiger charge is -2.21. The summed E-state index contributed by atoms with van der Waals surface area (Å²) in [6.45, 7) is 1.24. The molecule has 0 aliphatic heterocycles. The monoisotopic (exact) mass is 531 g/mol. The number of nitrogens with zero attached hydrogens (tertiary/aromatic N) is 3. The number of carbonyl (C=O) groups excluding carboxylic acids is 1. The van der Waals surface area contributed by atoms with Gasteiger partial charge in [0.25, 0.3) is 0 Å². The van der Waals surface area contributed by atoms with Crippen LogP contribution in [0, 0.1) is 0 Å². The van der Waals surface area contributed by atoms with Crippen molar-refractivity contribution in [1.29, 1.82) is 0 Å². The minimum atomic E-state index is -3.61. The van der Waals surface area contributed by atoms with E-state index in [9.17, 15) is 13.2 Å². The largest absolute Gasteiger partial charge is 0.494 e. The summed E-state index contributed by atoms with van der Waals surface area (Å²) in [4.78, 5) is 21.6. The van der Waals surface area contributed by atoms with Crippen molar-refractivity contribution in [3.8, 4) is 5.75 Å². The molecule has 0 atom stereocenters. The molecule has 11 heteroatoms. The normalized spacial score (nSPS) is 11.4.